The van der Waals surface area contributed by atoms with Crippen LogP contribution in [0.4, 0.5) is 0 Å². The Kier molecular flexibility index (Phi) is 15.9. The Labute approximate surface area is 316 Å². The number of esters is 1. The predicted octanol–water partition coefficient (Wildman–Crippen LogP) is 6.62. The molecular weight excluding hydrogens is 647 g/mol. The number of nitrogens with two attached hydrogens (primary N) is 1. The van der Waals surface area contributed by atoms with E-state index in [1.165, 1.54) is 84.2 Å². The van der Waals surface area contributed by atoms with E-state index < -0.39 is 6.04 Å². The molecule has 0 aliphatic heterocycles. The summed E-state index contributed by atoms with van der Waals surface area (Å²) in [5.41, 5.74) is 7.46. The van der Waals surface area contributed by atoms with Gasteiger partial charge < -0.3 is 31.7 Å². The molecule has 4 saturated carbocycles. The number of hydrogen-bond donors (Lipinski definition) is 5. The maximum atomic E-state index is 13.2. The van der Waals surface area contributed by atoms with E-state index in [9.17, 15) is 9.59 Å². The zero-order valence-electron chi connectivity index (χ0n) is 33.4. The molecule has 0 heterocycles. The summed E-state index contributed by atoms with van der Waals surface area (Å²) < 4.78 is 5.04. The van der Waals surface area contributed by atoms with Gasteiger partial charge in [-0.25, -0.2) is 4.79 Å². The molecule has 1 aromatic carbocycles. The first kappa shape index (κ1) is 41.2. The van der Waals surface area contributed by atoms with Gasteiger partial charge in [0.25, 0.3) is 0 Å². The summed E-state index contributed by atoms with van der Waals surface area (Å²) in [6, 6.07) is 9.90. The molecule has 6 N–H and O–H groups in total. The summed E-state index contributed by atoms with van der Waals surface area (Å²) >= 11 is 0. The van der Waals surface area contributed by atoms with E-state index in [0.717, 1.165) is 81.3 Å². The first-order valence-electron chi connectivity index (χ1n) is 21.5. The highest BCUT2D eigenvalue weighted by Crippen LogP contribution is 2.68. The smallest absolute Gasteiger partial charge is 0.328 e. The van der Waals surface area contributed by atoms with Gasteiger partial charge in [0.15, 0.2) is 0 Å². The monoisotopic (exact) mass is 722 g/mol. The van der Waals surface area contributed by atoms with Gasteiger partial charge >= 0.3 is 5.97 Å². The third kappa shape index (κ3) is 10.4. The third-order valence-corrected chi connectivity index (χ3v) is 14.8. The van der Waals surface area contributed by atoms with E-state index in [4.69, 9.17) is 10.5 Å². The highest BCUT2D eigenvalue weighted by atomic mass is 16.5. The Morgan fingerprint density at radius 3 is 2.27 bits per heavy atom. The van der Waals surface area contributed by atoms with Crippen LogP contribution in [0.25, 0.3) is 0 Å². The summed E-state index contributed by atoms with van der Waals surface area (Å²) in [5, 5.41) is 14.1. The van der Waals surface area contributed by atoms with Crippen LogP contribution in [0.2, 0.25) is 0 Å². The highest BCUT2D eigenvalue weighted by molar-refractivity contribution is 5.84. The van der Waals surface area contributed by atoms with E-state index in [2.05, 4.69) is 42.0 Å². The quantitative estimate of drug-likeness (QED) is 0.0716. The van der Waals surface area contributed by atoms with Gasteiger partial charge in [-0.2, -0.15) is 0 Å². The number of carbonyl (C=O) groups is 2. The van der Waals surface area contributed by atoms with Crippen molar-refractivity contribution in [2.24, 2.45) is 52.1 Å². The van der Waals surface area contributed by atoms with Gasteiger partial charge in [0.2, 0.25) is 5.91 Å². The second-order valence-corrected chi connectivity index (χ2v) is 17.9. The molecule has 0 spiro atoms. The van der Waals surface area contributed by atoms with Crippen molar-refractivity contribution in [3.8, 4) is 0 Å². The van der Waals surface area contributed by atoms with Crippen LogP contribution >= 0.6 is 0 Å². The molecule has 4 aliphatic rings. The second-order valence-electron chi connectivity index (χ2n) is 17.9. The minimum absolute atomic E-state index is 0.0385. The summed E-state index contributed by atoms with van der Waals surface area (Å²) in [6.07, 6.45) is 18.9. The Bertz CT molecular complexity index is 1230. The lowest BCUT2D eigenvalue weighted by molar-refractivity contribution is -0.145. The number of hydrogen-bond acceptors (Lipinski definition) is 7. The van der Waals surface area contributed by atoms with Crippen LogP contribution in [0.5, 0.6) is 0 Å². The number of carbonyl (C=O) groups excluding carboxylic acids is 2. The van der Waals surface area contributed by atoms with Crippen LogP contribution in [0, 0.1) is 46.3 Å². The van der Waals surface area contributed by atoms with Crippen LogP contribution in [-0.2, 0) is 20.7 Å². The number of nitrogens with one attached hydrogen (secondary N) is 4. The standard InChI is InChI=1S/C44H75N5O3/c1-32(14-19-41(50)49-40(42(51)52-4)30-33-12-6-5-7-13-33)37-17-18-38-36-16-15-34-31-35(20-22-43(34,2)39(36)21-23-44(37,38)3)48-29-11-28-47-26-9-8-25-46-27-10-24-45/h5-7,12-13,32,34-40,46-48H,8-11,14-31,45H2,1-4H3,(H,49,50)/t32-,34-,35+,36?,37-,38?,39?,40+,43+,44-/m1/s1. The van der Waals surface area contributed by atoms with Crippen molar-refractivity contribution in [1.82, 2.24) is 21.3 Å². The van der Waals surface area contributed by atoms with Crippen molar-refractivity contribution in [3.05, 3.63) is 35.9 Å². The van der Waals surface area contributed by atoms with Crippen molar-refractivity contribution in [1.29, 1.82) is 0 Å². The van der Waals surface area contributed by atoms with E-state index in [0.29, 0.717) is 41.5 Å². The third-order valence-electron chi connectivity index (χ3n) is 14.8. The first-order valence-corrected chi connectivity index (χ1v) is 21.5. The SMILES string of the molecule is COC(=O)[C@H](Cc1ccccc1)NC(=O)CC[C@@H](C)[C@H]1CCC2C3CC[C@@H]4C[C@@H](NCCCNCCCCNCCCN)CC[C@]4(C)C3CC[C@@]21C. The fraction of sp³-hybridized carbons (Fsp3) is 0.818. The lowest BCUT2D eigenvalue weighted by Crippen LogP contribution is -2.55. The molecule has 0 radical (unpaired) electrons. The van der Waals surface area contributed by atoms with Gasteiger partial charge in [-0.1, -0.05) is 51.1 Å². The number of rotatable bonds is 21. The summed E-state index contributed by atoms with van der Waals surface area (Å²) in [5.74, 6) is 4.21. The molecule has 3 unspecified atom stereocenters. The maximum absolute atomic E-state index is 13.2. The molecular formula is C44H75N5O3. The molecule has 8 nitrogen and oxygen atoms in total. The van der Waals surface area contributed by atoms with E-state index in [1.807, 2.05) is 30.3 Å². The molecule has 294 valence electrons. The summed E-state index contributed by atoms with van der Waals surface area (Å²) in [4.78, 5) is 25.7. The molecule has 4 aliphatic carbocycles. The number of fused-ring (bicyclic) bond motifs is 5. The first-order chi connectivity index (χ1) is 25.2. The molecule has 8 heteroatoms. The van der Waals surface area contributed by atoms with Gasteiger partial charge in [-0.15, -0.1) is 0 Å². The second kappa shape index (κ2) is 20.1. The largest absolute Gasteiger partial charge is 0.467 e. The molecule has 52 heavy (non-hydrogen) atoms. The van der Waals surface area contributed by atoms with Gasteiger partial charge in [0.05, 0.1) is 7.11 Å². The minimum Gasteiger partial charge on any atom is -0.467 e. The van der Waals surface area contributed by atoms with E-state index in [1.54, 1.807) is 0 Å². The Hall–Kier alpha value is -2.00. The molecule has 5 rings (SSSR count). The molecule has 10 atom stereocenters. The van der Waals surface area contributed by atoms with Crippen molar-refractivity contribution < 1.29 is 14.3 Å². The number of unbranched alkanes of at least 4 members (excludes halogenated alkanes) is 1. The summed E-state index contributed by atoms with van der Waals surface area (Å²) in [7, 11) is 1.39. The van der Waals surface area contributed by atoms with Crippen LogP contribution in [0.1, 0.15) is 123 Å². The topological polar surface area (TPSA) is 118 Å². The number of amides is 1. The van der Waals surface area contributed by atoms with Crippen molar-refractivity contribution >= 4 is 11.9 Å². The van der Waals surface area contributed by atoms with Gasteiger partial charge in [0.1, 0.15) is 6.04 Å². The van der Waals surface area contributed by atoms with Crippen molar-refractivity contribution in [3.63, 3.8) is 0 Å². The fourth-order valence-electron chi connectivity index (χ4n) is 11.9. The molecule has 0 aromatic heterocycles. The lowest BCUT2D eigenvalue weighted by atomic mass is 9.44. The van der Waals surface area contributed by atoms with Crippen LogP contribution in [0.3, 0.4) is 0 Å². The van der Waals surface area contributed by atoms with Gasteiger partial charge in [-0.3, -0.25) is 4.79 Å². The zero-order chi connectivity index (χ0) is 37.0. The molecule has 0 bridgehead atoms. The van der Waals surface area contributed by atoms with Crippen molar-refractivity contribution in [2.45, 2.75) is 136 Å². The molecule has 4 fully saturated rings. The van der Waals surface area contributed by atoms with Crippen LogP contribution in [0.15, 0.2) is 30.3 Å². The van der Waals surface area contributed by atoms with Crippen molar-refractivity contribution in [2.75, 3.05) is 46.4 Å². The minimum atomic E-state index is -0.649. The van der Waals surface area contributed by atoms with Crippen LogP contribution in [-0.4, -0.2) is 70.3 Å². The highest BCUT2D eigenvalue weighted by Gasteiger charge is 2.60. The zero-order valence-corrected chi connectivity index (χ0v) is 33.4. The molecule has 1 amide bonds. The van der Waals surface area contributed by atoms with Crippen LogP contribution < -0.4 is 27.0 Å². The number of ether oxygens (including phenoxy) is 1. The molecule has 1 aromatic rings. The van der Waals surface area contributed by atoms with E-state index in [-0.39, 0.29) is 11.9 Å². The fourth-order valence-corrected chi connectivity index (χ4v) is 11.9. The average molecular weight is 722 g/mol. The lowest BCUT2D eigenvalue weighted by Gasteiger charge is -2.61. The van der Waals surface area contributed by atoms with Gasteiger partial charge in [0, 0.05) is 18.9 Å². The average Bonchev–Trinajstić information content (AvgIpc) is 3.51. The number of methoxy groups -OCH3 is 1. The predicted molar refractivity (Wildman–Crippen MR) is 213 cm³/mol. The molecule has 0 saturated heterocycles. The Morgan fingerprint density at radius 2 is 1.54 bits per heavy atom. The Balaban J connectivity index is 1.03. The normalized spacial score (nSPS) is 32.2. The van der Waals surface area contributed by atoms with Gasteiger partial charge in [-0.05, 0) is 181 Å². The summed E-state index contributed by atoms with van der Waals surface area (Å²) in [6.45, 7) is 14.0. The van der Waals surface area contributed by atoms with E-state index >= 15 is 0 Å². The number of benzene rings is 1. The maximum Gasteiger partial charge on any atom is 0.328 e. The Morgan fingerprint density at radius 1 is 0.846 bits per heavy atom.